The lowest BCUT2D eigenvalue weighted by Gasteiger charge is -2.36. The van der Waals surface area contributed by atoms with E-state index in [1.807, 2.05) is 55.5 Å². The summed E-state index contributed by atoms with van der Waals surface area (Å²) in [5, 5.41) is 3.53. The zero-order chi connectivity index (χ0) is 17.6. The minimum Gasteiger partial charge on any atom is -0.473 e. The molecule has 1 aliphatic heterocycles. The number of anilines is 1. The van der Waals surface area contributed by atoms with Crippen LogP contribution in [0.1, 0.15) is 5.56 Å². The van der Waals surface area contributed by atoms with Crippen molar-refractivity contribution in [1.29, 1.82) is 0 Å². The second-order valence-corrected chi connectivity index (χ2v) is 6.47. The number of carbonyl (C=O) groups excluding carboxylic acids is 1. The summed E-state index contributed by atoms with van der Waals surface area (Å²) in [6, 6.07) is 15.4. The normalized spacial score (nSPS) is 14.3. The number of ether oxygens (including phenoxy) is 1. The molecule has 0 spiro atoms. The summed E-state index contributed by atoms with van der Waals surface area (Å²) < 4.78 is 5.54. The quantitative estimate of drug-likeness (QED) is 0.849. The van der Waals surface area contributed by atoms with Gasteiger partial charge in [0.1, 0.15) is 5.75 Å². The molecule has 2 amide bonds. The van der Waals surface area contributed by atoms with Crippen LogP contribution in [0.15, 0.2) is 48.5 Å². The molecule has 3 rings (SSSR count). The van der Waals surface area contributed by atoms with E-state index >= 15 is 0 Å². The highest BCUT2D eigenvalue weighted by Crippen LogP contribution is 2.20. The highest BCUT2D eigenvalue weighted by molar-refractivity contribution is 6.30. The number of nitrogens with zero attached hydrogens (tertiary/aromatic N) is 2. The molecule has 1 aliphatic rings. The molecule has 5 nitrogen and oxygen atoms in total. The number of piperazine rings is 1. The number of urea groups is 1. The second-order valence-electron chi connectivity index (χ2n) is 6.04. The Balaban J connectivity index is 1.43. The standard InChI is InChI=1S/C19H22ClN3O2/c1-15-5-7-18(8-6-15)25-14-21-19(24)23-11-9-22(10-12-23)17-4-2-3-16(20)13-17/h2-8,13H,9-12,14H2,1H3,(H,21,24). The van der Waals surface area contributed by atoms with Crippen molar-refractivity contribution in [1.82, 2.24) is 10.2 Å². The van der Waals surface area contributed by atoms with Gasteiger partial charge >= 0.3 is 6.03 Å². The number of hydrogen-bond donors (Lipinski definition) is 1. The van der Waals surface area contributed by atoms with Crippen LogP contribution in [-0.4, -0.2) is 43.8 Å². The molecule has 1 fully saturated rings. The van der Waals surface area contributed by atoms with Crippen molar-refractivity contribution < 1.29 is 9.53 Å². The Kier molecular flexibility index (Phi) is 5.66. The first-order valence-corrected chi connectivity index (χ1v) is 8.72. The van der Waals surface area contributed by atoms with Gasteiger partial charge < -0.3 is 19.9 Å². The fourth-order valence-electron chi connectivity index (χ4n) is 2.77. The third-order valence-electron chi connectivity index (χ3n) is 4.22. The van der Waals surface area contributed by atoms with Crippen molar-refractivity contribution in [3.8, 4) is 5.75 Å². The van der Waals surface area contributed by atoms with E-state index in [4.69, 9.17) is 16.3 Å². The SMILES string of the molecule is Cc1ccc(OCNC(=O)N2CCN(c3cccc(Cl)c3)CC2)cc1. The minimum absolute atomic E-state index is 0.0992. The van der Waals surface area contributed by atoms with Gasteiger partial charge in [0.25, 0.3) is 0 Å². The monoisotopic (exact) mass is 359 g/mol. The molecule has 1 saturated heterocycles. The Hall–Kier alpha value is -2.40. The number of benzene rings is 2. The fraction of sp³-hybridized carbons (Fsp3) is 0.316. The van der Waals surface area contributed by atoms with Crippen LogP contribution in [0.5, 0.6) is 5.75 Å². The van der Waals surface area contributed by atoms with Gasteiger partial charge in [0.05, 0.1) is 0 Å². The molecule has 6 heteroatoms. The molecule has 1 heterocycles. The molecule has 132 valence electrons. The van der Waals surface area contributed by atoms with Gasteiger partial charge in [-0.2, -0.15) is 0 Å². The number of nitrogens with one attached hydrogen (secondary N) is 1. The number of carbonyl (C=O) groups is 1. The van der Waals surface area contributed by atoms with Crippen LogP contribution in [0.2, 0.25) is 5.02 Å². The molecule has 0 aromatic heterocycles. The Morgan fingerprint density at radius 3 is 2.52 bits per heavy atom. The van der Waals surface area contributed by atoms with Gasteiger partial charge in [0.15, 0.2) is 6.73 Å². The summed E-state index contributed by atoms with van der Waals surface area (Å²) in [6.07, 6.45) is 0. The van der Waals surface area contributed by atoms with Gasteiger partial charge in [-0.25, -0.2) is 4.79 Å². The highest BCUT2D eigenvalue weighted by Gasteiger charge is 2.21. The van der Waals surface area contributed by atoms with Crippen LogP contribution in [0.3, 0.4) is 0 Å². The van der Waals surface area contributed by atoms with E-state index in [-0.39, 0.29) is 12.8 Å². The van der Waals surface area contributed by atoms with E-state index in [2.05, 4.69) is 10.2 Å². The number of rotatable bonds is 4. The fourth-order valence-corrected chi connectivity index (χ4v) is 2.95. The summed E-state index contributed by atoms with van der Waals surface area (Å²) >= 11 is 6.04. The average molecular weight is 360 g/mol. The first-order chi connectivity index (χ1) is 12.1. The van der Waals surface area contributed by atoms with E-state index in [0.717, 1.165) is 29.5 Å². The summed E-state index contributed by atoms with van der Waals surface area (Å²) in [5.74, 6) is 0.747. The predicted octanol–water partition coefficient (Wildman–Crippen LogP) is 3.52. The number of halogens is 1. The zero-order valence-corrected chi connectivity index (χ0v) is 15.0. The lowest BCUT2D eigenvalue weighted by Crippen LogP contribution is -2.52. The van der Waals surface area contributed by atoms with Gasteiger partial charge in [0.2, 0.25) is 0 Å². The van der Waals surface area contributed by atoms with E-state index in [1.54, 1.807) is 4.90 Å². The van der Waals surface area contributed by atoms with Gasteiger partial charge in [0, 0.05) is 36.9 Å². The Labute approximate surface area is 153 Å². The maximum atomic E-state index is 12.2. The molecule has 0 atom stereocenters. The molecule has 2 aromatic rings. The molecule has 0 unspecified atom stereocenters. The zero-order valence-electron chi connectivity index (χ0n) is 14.2. The number of hydrogen-bond acceptors (Lipinski definition) is 3. The van der Waals surface area contributed by atoms with E-state index in [0.29, 0.717) is 13.1 Å². The summed E-state index contributed by atoms with van der Waals surface area (Å²) in [4.78, 5) is 16.3. The third kappa shape index (κ3) is 4.79. The molecule has 0 radical (unpaired) electrons. The maximum Gasteiger partial charge on any atom is 0.320 e. The molecule has 25 heavy (non-hydrogen) atoms. The summed E-state index contributed by atoms with van der Waals surface area (Å²) in [6.45, 7) is 5.09. The first-order valence-electron chi connectivity index (χ1n) is 8.34. The largest absolute Gasteiger partial charge is 0.473 e. The average Bonchev–Trinajstić information content (AvgIpc) is 2.63. The molecule has 1 N–H and O–H groups in total. The molecule has 0 saturated carbocycles. The van der Waals surface area contributed by atoms with Gasteiger partial charge in [-0.3, -0.25) is 0 Å². The maximum absolute atomic E-state index is 12.2. The van der Waals surface area contributed by atoms with Crippen LogP contribution >= 0.6 is 11.6 Å². The molecular weight excluding hydrogens is 338 g/mol. The molecule has 0 aliphatic carbocycles. The Morgan fingerprint density at radius 2 is 1.84 bits per heavy atom. The number of aryl methyl sites for hydroxylation is 1. The number of amides is 2. The van der Waals surface area contributed by atoms with Gasteiger partial charge in [-0.15, -0.1) is 0 Å². The van der Waals surface area contributed by atoms with E-state index in [9.17, 15) is 4.79 Å². The highest BCUT2D eigenvalue weighted by atomic mass is 35.5. The van der Waals surface area contributed by atoms with E-state index in [1.165, 1.54) is 5.56 Å². The van der Waals surface area contributed by atoms with Gasteiger partial charge in [-0.1, -0.05) is 35.4 Å². The first kappa shape index (κ1) is 17.4. The lowest BCUT2D eigenvalue weighted by atomic mass is 10.2. The van der Waals surface area contributed by atoms with Crippen LogP contribution in [0.4, 0.5) is 10.5 Å². The van der Waals surface area contributed by atoms with Crippen molar-refractivity contribution >= 4 is 23.3 Å². The van der Waals surface area contributed by atoms with Crippen molar-refractivity contribution in [3.63, 3.8) is 0 Å². The van der Waals surface area contributed by atoms with Crippen LogP contribution in [-0.2, 0) is 0 Å². The minimum atomic E-state index is -0.0992. The molecular formula is C19H22ClN3O2. The van der Waals surface area contributed by atoms with Crippen molar-refractivity contribution in [2.75, 3.05) is 37.8 Å². The van der Waals surface area contributed by atoms with Crippen LogP contribution < -0.4 is 15.0 Å². The summed E-state index contributed by atoms with van der Waals surface area (Å²) in [7, 11) is 0. The Morgan fingerprint density at radius 1 is 1.12 bits per heavy atom. The Bertz CT molecular complexity index is 713. The predicted molar refractivity (Wildman–Crippen MR) is 100 cm³/mol. The van der Waals surface area contributed by atoms with Crippen molar-refractivity contribution in [2.24, 2.45) is 0 Å². The van der Waals surface area contributed by atoms with E-state index < -0.39 is 0 Å². The smallest absolute Gasteiger partial charge is 0.320 e. The van der Waals surface area contributed by atoms with Crippen molar-refractivity contribution in [3.05, 3.63) is 59.1 Å². The van der Waals surface area contributed by atoms with Crippen LogP contribution in [0, 0.1) is 6.92 Å². The lowest BCUT2D eigenvalue weighted by molar-refractivity contribution is 0.181. The second kappa shape index (κ2) is 8.12. The molecule has 0 bridgehead atoms. The van der Waals surface area contributed by atoms with Crippen molar-refractivity contribution in [2.45, 2.75) is 6.92 Å². The molecule has 2 aromatic carbocycles. The third-order valence-corrected chi connectivity index (χ3v) is 4.46. The summed E-state index contributed by atoms with van der Waals surface area (Å²) in [5.41, 5.74) is 2.27. The van der Waals surface area contributed by atoms with Gasteiger partial charge in [-0.05, 0) is 37.3 Å². The van der Waals surface area contributed by atoms with Crippen LogP contribution in [0.25, 0.3) is 0 Å². The topological polar surface area (TPSA) is 44.8 Å².